The van der Waals surface area contributed by atoms with Gasteiger partial charge in [-0.2, -0.15) is 11.8 Å². The first kappa shape index (κ1) is 10.1. The molecule has 76 valence electrons. The summed E-state index contributed by atoms with van der Waals surface area (Å²) in [6.45, 7) is 0. The molecule has 2 N–H and O–H groups in total. The van der Waals surface area contributed by atoms with Crippen molar-refractivity contribution in [2.24, 2.45) is 0 Å². The van der Waals surface area contributed by atoms with E-state index in [-0.39, 0.29) is 0 Å². The minimum Gasteiger partial charge on any atom is -0.396 e. The Labute approximate surface area is 93.2 Å². The van der Waals surface area contributed by atoms with Gasteiger partial charge in [-0.05, 0) is 30.7 Å². The molecule has 2 rings (SSSR count). The van der Waals surface area contributed by atoms with Gasteiger partial charge in [0.15, 0.2) is 5.15 Å². The molecule has 0 aliphatic carbocycles. The first-order valence-corrected chi connectivity index (χ1v) is 6.23. The van der Waals surface area contributed by atoms with E-state index in [9.17, 15) is 0 Å². The summed E-state index contributed by atoms with van der Waals surface area (Å²) in [4.78, 5) is 4.32. The van der Waals surface area contributed by atoms with E-state index in [1.54, 1.807) is 0 Å². The molecule has 0 bridgehead atoms. The van der Waals surface area contributed by atoms with Crippen molar-refractivity contribution >= 4 is 29.1 Å². The highest BCUT2D eigenvalue weighted by Gasteiger charge is 2.17. The number of hydrogen-bond acceptors (Lipinski definition) is 3. The van der Waals surface area contributed by atoms with Gasteiger partial charge in [0.2, 0.25) is 0 Å². The predicted molar refractivity (Wildman–Crippen MR) is 62.7 cm³/mol. The summed E-state index contributed by atoms with van der Waals surface area (Å²) in [7, 11) is 0. The quantitative estimate of drug-likeness (QED) is 0.750. The highest BCUT2D eigenvalue weighted by Crippen LogP contribution is 2.38. The molecule has 1 aromatic heterocycles. The Kier molecular flexibility index (Phi) is 3.19. The number of nitrogens with zero attached hydrogens (tertiary/aromatic N) is 1. The monoisotopic (exact) mass is 228 g/mol. The van der Waals surface area contributed by atoms with Crippen LogP contribution >= 0.6 is 23.4 Å². The number of hydrogen-bond donors (Lipinski definition) is 1. The first-order chi connectivity index (χ1) is 6.77. The fourth-order valence-corrected chi connectivity index (χ4v) is 3.06. The van der Waals surface area contributed by atoms with Crippen LogP contribution in [-0.4, -0.2) is 10.7 Å². The van der Waals surface area contributed by atoms with Gasteiger partial charge in [-0.3, -0.25) is 0 Å². The van der Waals surface area contributed by atoms with Gasteiger partial charge in [-0.25, -0.2) is 4.98 Å². The molecule has 1 fully saturated rings. The number of thioether (sulfide) groups is 1. The molecule has 1 aliphatic heterocycles. The minimum atomic E-state index is 0.439. The van der Waals surface area contributed by atoms with Gasteiger partial charge in [0.25, 0.3) is 0 Å². The third-order valence-corrected chi connectivity index (χ3v) is 4.12. The molecule has 0 aromatic carbocycles. The molecule has 1 aliphatic rings. The molecule has 4 heteroatoms. The second kappa shape index (κ2) is 4.41. The molecule has 2 nitrogen and oxygen atoms in total. The van der Waals surface area contributed by atoms with Crippen molar-refractivity contribution in [1.82, 2.24) is 4.98 Å². The smallest absolute Gasteiger partial charge is 0.152 e. The fraction of sp³-hybridized carbons (Fsp3) is 0.500. The lowest BCUT2D eigenvalue weighted by molar-refractivity contribution is 0.676. The number of anilines is 1. The van der Waals surface area contributed by atoms with Crippen LogP contribution in [0.3, 0.4) is 0 Å². The summed E-state index contributed by atoms with van der Waals surface area (Å²) < 4.78 is 0. The highest BCUT2D eigenvalue weighted by molar-refractivity contribution is 7.99. The first-order valence-electron chi connectivity index (χ1n) is 4.81. The van der Waals surface area contributed by atoms with E-state index in [1.807, 2.05) is 23.9 Å². The lowest BCUT2D eigenvalue weighted by Gasteiger charge is -2.20. The molecular formula is C10H13ClN2S. The molecule has 0 amide bonds. The molecule has 0 radical (unpaired) electrons. The summed E-state index contributed by atoms with van der Waals surface area (Å²) in [6, 6.07) is 3.84. The molecular weight excluding hydrogens is 216 g/mol. The fourth-order valence-electron chi connectivity index (χ4n) is 1.61. The van der Waals surface area contributed by atoms with E-state index >= 15 is 0 Å². The number of rotatable bonds is 1. The summed E-state index contributed by atoms with van der Waals surface area (Å²) in [5, 5.41) is 0.954. The summed E-state index contributed by atoms with van der Waals surface area (Å²) in [6.07, 6.45) is 3.82. The van der Waals surface area contributed by atoms with Crippen molar-refractivity contribution in [1.29, 1.82) is 0 Å². The van der Waals surface area contributed by atoms with E-state index in [2.05, 4.69) is 4.98 Å². The van der Waals surface area contributed by atoms with Crippen molar-refractivity contribution < 1.29 is 0 Å². The molecule has 0 saturated carbocycles. The Hall–Kier alpha value is -0.410. The molecule has 1 atom stereocenters. The number of pyridine rings is 1. The molecule has 1 unspecified atom stereocenters. The largest absolute Gasteiger partial charge is 0.396 e. The topological polar surface area (TPSA) is 38.9 Å². The van der Waals surface area contributed by atoms with Crippen molar-refractivity contribution in [3.05, 3.63) is 23.0 Å². The minimum absolute atomic E-state index is 0.439. The number of nitrogen functional groups attached to an aromatic ring is 1. The molecule has 14 heavy (non-hydrogen) atoms. The van der Waals surface area contributed by atoms with Crippen LogP contribution in [0.5, 0.6) is 0 Å². The standard InChI is InChI=1S/C10H13ClN2S/c11-10-7(12)4-5-8(13-10)9-3-1-2-6-14-9/h4-5,9H,1-3,6,12H2. The number of nitrogens with two attached hydrogens (primary N) is 1. The van der Waals surface area contributed by atoms with Crippen LogP contribution in [0, 0.1) is 0 Å². The third-order valence-electron chi connectivity index (χ3n) is 2.41. The Morgan fingerprint density at radius 1 is 1.43 bits per heavy atom. The zero-order valence-electron chi connectivity index (χ0n) is 7.87. The van der Waals surface area contributed by atoms with Crippen LogP contribution in [-0.2, 0) is 0 Å². The van der Waals surface area contributed by atoms with Crippen molar-refractivity contribution in [3.8, 4) is 0 Å². The van der Waals surface area contributed by atoms with Gasteiger partial charge < -0.3 is 5.73 Å². The van der Waals surface area contributed by atoms with Crippen LogP contribution in [0.4, 0.5) is 5.69 Å². The molecule has 2 heterocycles. The average Bonchev–Trinajstić information content (AvgIpc) is 2.23. The highest BCUT2D eigenvalue weighted by atomic mass is 35.5. The van der Waals surface area contributed by atoms with Crippen molar-refractivity contribution in [3.63, 3.8) is 0 Å². The number of aromatic nitrogens is 1. The molecule has 0 spiro atoms. The Balaban J connectivity index is 2.18. The van der Waals surface area contributed by atoms with Crippen LogP contribution in [0.1, 0.15) is 30.2 Å². The van der Waals surface area contributed by atoms with Gasteiger partial charge >= 0.3 is 0 Å². The lowest BCUT2D eigenvalue weighted by atomic mass is 10.1. The maximum absolute atomic E-state index is 5.89. The van der Waals surface area contributed by atoms with Gasteiger partial charge in [0, 0.05) is 5.25 Å². The second-order valence-corrected chi connectivity index (χ2v) is 5.14. The maximum Gasteiger partial charge on any atom is 0.152 e. The molecule has 1 aromatic rings. The summed E-state index contributed by atoms with van der Waals surface area (Å²) >= 11 is 7.86. The van der Waals surface area contributed by atoms with Crippen LogP contribution in [0.2, 0.25) is 5.15 Å². The lowest BCUT2D eigenvalue weighted by Crippen LogP contribution is -2.04. The van der Waals surface area contributed by atoms with Gasteiger partial charge in [0.1, 0.15) is 0 Å². The van der Waals surface area contributed by atoms with Crippen LogP contribution in [0.25, 0.3) is 0 Å². The summed E-state index contributed by atoms with van der Waals surface area (Å²) in [5.74, 6) is 1.23. The van der Waals surface area contributed by atoms with Crippen molar-refractivity contribution in [2.45, 2.75) is 24.5 Å². The normalized spacial score (nSPS) is 22.2. The second-order valence-electron chi connectivity index (χ2n) is 3.47. The Bertz CT molecular complexity index is 324. The Morgan fingerprint density at radius 3 is 2.93 bits per heavy atom. The van der Waals surface area contributed by atoms with Crippen LogP contribution < -0.4 is 5.73 Å². The van der Waals surface area contributed by atoms with E-state index in [4.69, 9.17) is 17.3 Å². The zero-order valence-corrected chi connectivity index (χ0v) is 9.44. The zero-order chi connectivity index (χ0) is 9.97. The van der Waals surface area contributed by atoms with Gasteiger partial charge in [0.05, 0.1) is 11.4 Å². The number of halogens is 1. The molecule has 1 saturated heterocycles. The maximum atomic E-state index is 5.89. The SMILES string of the molecule is Nc1ccc(C2CCCCS2)nc1Cl. The predicted octanol–water partition coefficient (Wildman–Crippen LogP) is 3.28. The van der Waals surface area contributed by atoms with E-state index < -0.39 is 0 Å². The van der Waals surface area contributed by atoms with Gasteiger partial charge in [-0.1, -0.05) is 18.0 Å². The van der Waals surface area contributed by atoms with Crippen LogP contribution in [0.15, 0.2) is 12.1 Å². The van der Waals surface area contributed by atoms with E-state index in [0.29, 0.717) is 16.1 Å². The summed E-state index contributed by atoms with van der Waals surface area (Å²) in [5.41, 5.74) is 7.26. The van der Waals surface area contributed by atoms with Crippen molar-refractivity contribution in [2.75, 3.05) is 11.5 Å². The van der Waals surface area contributed by atoms with Gasteiger partial charge in [-0.15, -0.1) is 0 Å². The third kappa shape index (κ3) is 2.15. The van der Waals surface area contributed by atoms with E-state index in [0.717, 1.165) is 5.69 Å². The average molecular weight is 229 g/mol. The Morgan fingerprint density at radius 2 is 2.29 bits per heavy atom. The van der Waals surface area contributed by atoms with E-state index in [1.165, 1.54) is 25.0 Å².